The van der Waals surface area contributed by atoms with Gasteiger partial charge in [-0.1, -0.05) is 24.3 Å². The van der Waals surface area contributed by atoms with Crippen LogP contribution in [0.25, 0.3) is 0 Å². The van der Waals surface area contributed by atoms with Crippen molar-refractivity contribution in [1.82, 2.24) is 4.90 Å². The normalized spacial score (nSPS) is 14.5. The van der Waals surface area contributed by atoms with Crippen molar-refractivity contribution in [1.29, 1.82) is 0 Å². The zero-order valence-corrected chi connectivity index (χ0v) is 17.8. The second-order valence-electron chi connectivity index (χ2n) is 7.22. The van der Waals surface area contributed by atoms with Crippen LogP contribution >= 0.6 is 0 Å². The molecule has 0 aromatic heterocycles. The van der Waals surface area contributed by atoms with Crippen LogP contribution in [0, 0.1) is 0 Å². The lowest BCUT2D eigenvalue weighted by molar-refractivity contribution is 0.0724. The average molecular weight is 417 g/mol. The second kappa shape index (κ2) is 9.31. The van der Waals surface area contributed by atoms with Crippen molar-refractivity contribution in [2.45, 2.75) is 32.7 Å². The van der Waals surface area contributed by atoms with Crippen LogP contribution in [0.15, 0.2) is 48.5 Å². The Morgan fingerprint density at radius 2 is 1.69 bits per heavy atom. The molecule has 156 valence electrons. The first-order chi connectivity index (χ1) is 13.9. The second-order valence-corrected chi connectivity index (χ2v) is 9.13. The first-order valence-corrected chi connectivity index (χ1v) is 11.8. The number of benzene rings is 2. The Morgan fingerprint density at radius 1 is 1.03 bits per heavy atom. The van der Waals surface area contributed by atoms with E-state index >= 15 is 0 Å². The van der Waals surface area contributed by atoms with Crippen molar-refractivity contribution in [2.75, 3.05) is 30.3 Å². The van der Waals surface area contributed by atoms with Gasteiger partial charge < -0.3 is 9.64 Å². The van der Waals surface area contributed by atoms with Gasteiger partial charge in [0.2, 0.25) is 10.0 Å². The molecule has 3 rings (SSSR count). The molecule has 0 spiro atoms. The minimum absolute atomic E-state index is 0.0397. The molecule has 2 aromatic rings. The summed E-state index contributed by atoms with van der Waals surface area (Å²) in [6, 6.07) is 14.3. The molecule has 0 atom stereocenters. The number of carbonyl (C=O) groups excluding carboxylic acids is 1. The number of carbonyl (C=O) groups is 1. The predicted molar refractivity (Wildman–Crippen MR) is 115 cm³/mol. The Bertz CT molecular complexity index is 936. The lowest BCUT2D eigenvalue weighted by Crippen LogP contribution is -2.35. The number of amides is 1. The van der Waals surface area contributed by atoms with E-state index in [-0.39, 0.29) is 12.5 Å². The van der Waals surface area contributed by atoms with Crippen molar-refractivity contribution in [3.8, 4) is 5.75 Å². The molecule has 29 heavy (non-hydrogen) atoms. The fraction of sp³-hybridized carbons (Fsp3) is 0.409. The van der Waals surface area contributed by atoms with Gasteiger partial charge in [-0.15, -0.1) is 0 Å². The number of piperidine rings is 1. The van der Waals surface area contributed by atoms with Crippen LogP contribution in [0.1, 0.15) is 42.1 Å². The van der Waals surface area contributed by atoms with Crippen LogP contribution in [0.5, 0.6) is 5.75 Å². The third-order valence-corrected chi connectivity index (χ3v) is 6.13. The minimum Gasteiger partial charge on any atom is -0.492 e. The van der Waals surface area contributed by atoms with E-state index < -0.39 is 10.0 Å². The summed E-state index contributed by atoms with van der Waals surface area (Å²) in [7, 11) is -3.52. The van der Waals surface area contributed by atoms with Gasteiger partial charge in [0.25, 0.3) is 5.91 Å². The molecule has 0 saturated carbocycles. The van der Waals surface area contributed by atoms with E-state index in [0.717, 1.165) is 31.5 Å². The van der Waals surface area contributed by atoms with E-state index in [4.69, 9.17) is 4.74 Å². The maximum atomic E-state index is 12.6. The molecule has 1 heterocycles. The summed E-state index contributed by atoms with van der Waals surface area (Å²) in [5.41, 5.74) is 1.94. The number of hydrogen-bond donors (Lipinski definition) is 0. The molecular formula is C22H28N2O4S. The summed E-state index contributed by atoms with van der Waals surface area (Å²) in [5, 5.41) is 0. The topological polar surface area (TPSA) is 66.9 Å². The lowest BCUT2D eigenvalue weighted by Gasteiger charge is -2.27. The number of nitrogens with zero attached hydrogens (tertiary/aromatic N) is 2. The Morgan fingerprint density at radius 3 is 2.31 bits per heavy atom. The standard InChI is InChI=1S/C22H28N2O4S/c1-3-28-21-10-6-5-9-20(21)24(29(2,26)27)17-18-11-13-19(14-12-18)22(25)23-15-7-4-8-16-23/h5-6,9-14H,3-4,7-8,15-17H2,1-2H3. The molecule has 1 fully saturated rings. The van der Waals surface area contributed by atoms with E-state index in [9.17, 15) is 13.2 Å². The summed E-state index contributed by atoms with van der Waals surface area (Å²) >= 11 is 0. The molecule has 1 aliphatic heterocycles. The van der Waals surface area contributed by atoms with Gasteiger partial charge in [-0.2, -0.15) is 0 Å². The van der Waals surface area contributed by atoms with Crippen LogP contribution < -0.4 is 9.04 Å². The fourth-order valence-corrected chi connectivity index (χ4v) is 4.41. The number of likely N-dealkylation sites (tertiary alicyclic amines) is 1. The highest BCUT2D eigenvalue weighted by molar-refractivity contribution is 7.92. The zero-order chi connectivity index (χ0) is 20.9. The predicted octanol–water partition coefficient (Wildman–Crippen LogP) is 3.68. The van der Waals surface area contributed by atoms with Crippen molar-refractivity contribution in [3.05, 3.63) is 59.7 Å². The van der Waals surface area contributed by atoms with E-state index in [0.29, 0.717) is 23.6 Å². The van der Waals surface area contributed by atoms with Crippen molar-refractivity contribution in [2.24, 2.45) is 0 Å². The molecule has 0 radical (unpaired) electrons. The van der Waals surface area contributed by atoms with Crippen molar-refractivity contribution < 1.29 is 17.9 Å². The highest BCUT2D eigenvalue weighted by atomic mass is 32.2. The molecule has 1 saturated heterocycles. The van der Waals surface area contributed by atoms with Gasteiger partial charge in [-0.3, -0.25) is 9.10 Å². The lowest BCUT2D eigenvalue weighted by atomic mass is 10.1. The monoisotopic (exact) mass is 416 g/mol. The van der Waals surface area contributed by atoms with Gasteiger partial charge in [0, 0.05) is 18.7 Å². The van der Waals surface area contributed by atoms with Gasteiger partial charge in [-0.05, 0) is 56.0 Å². The number of sulfonamides is 1. The fourth-order valence-electron chi connectivity index (χ4n) is 3.52. The van der Waals surface area contributed by atoms with Gasteiger partial charge in [0.05, 0.1) is 25.1 Å². The molecule has 2 aromatic carbocycles. The Hall–Kier alpha value is -2.54. The minimum atomic E-state index is -3.52. The van der Waals surface area contributed by atoms with Crippen LogP contribution in [0.3, 0.4) is 0 Å². The largest absolute Gasteiger partial charge is 0.492 e. The number of ether oxygens (including phenoxy) is 1. The van der Waals surface area contributed by atoms with Gasteiger partial charge in [0.15, 0.2) is 0 Å². The smallest absolute Gasteiger partial charge is 0.253 e. The van der Waals surface area contributed by atoms with Crippen molar-refractivity contribution in [3.63, 3.8) is 0 Å². The quantitative estimate of drug-likeness (QED) is 0.691. The summed E-state index contributed by atoms with van der Waals surface area (Å²) in [6.45, 7) is 4.08. The Balaban J connectivity index is 1.81. The van der Waals surface area contributed by atoms with Crippen LogP contribution in [0.4, 0.5) is 5.69 Å². The molecule has 1 amide bonds. The summed E-state index contributed by atoms with van der Waals surface area (Å²) in [4.78, 5) is 14.5. The molecule has 1 aliphatic rings. The number of rotatable bonds is 7. The van der Waals surface area contributed by atoms with E-state index in [1.165, 1.54) is 17.0 Å². The third kappa shape index (κ3) is 5.29. The molecule has 6 nitrogen and oxygen atoms in total. The molecule has 0 unspecified atom stereocenters. The molecule has 7 heteroatoms. The van der Waals surface area contributed by atoms with Gasteiger partial charge in [0.1, 0.15) is 5.75 Å². The maximum absolute atomic E-state index is 12.6. The summed E-state index contributed by atoms with van der Waals surface area (Å²) < 4.78 is 31.9. The van der Waals surface area contributed by atoms with E-state index in [1.54, 1.807) is 30.3 Å². The van der Waals surface area contributed by atoms with Crippen LogP contribution in [0.2, 0.25) is 0 Å². The highest BCUT2D eigenvalue weighted by Gasteiger charge is 2.22. The third-order valence-electron chi connectivity index (χ3n) is 5.00. The van der Waals surface area contributed by atoms with Crippen LogP contribution in [-0.2, 0) is 16.6 Å². The SMILES string of the molecule is CCOc1ccccc1N(Cc1ccc(C(=O)N2CCCCC2)cc1)S(C)(=O)=O. The highest BCUT2D eigenvalue weighted by Crippen LogP contribution is 2.31. The number of hydrogen-bond acceptors (Lipinski definition) is 4. The molecule has 0 bridgehead atoms. The first kappa shape index (κ1) is 21.2. The summed E-state index contributed by atoms with van der Waals surface area (Å²) in [5.74, 6) is 0.565. The zero-order valence-electron chi connectivity index (χ0n) is 17.0. The molecule has 0 aliphatic carbocycles. The van der Waals surface area contributed by atoms with Gasteiger partial charge in [-0.25, -0.2) is 8.42 Å². The summed E-state index contributed by atoms with van der Waals surface area (Å²) in [6.07, 6.45) is 4.45. The van der Waals surface area contributed by atoms with Gasteiger partial charge >= 0.3 is 0 Å². The molecule has 0 N–H and O–H groups in total. The Labute approximate surface area is 173 Å². The first-order valence-electron chi connectivity index (χ1n) is 9.98. The molecular weight excluding hydrogens is 388 g/mol. The van der Waals surface area contributed by atoms with E-state index in [2.05, 4.69) is 0 Å². The number of para-hydroxylation sites is 2. The average Bonchev–Trinajstić information content (AvgIpc) is 2.73. The van der Waals surface area contributed by atoms with Crippen LogP contribution in [-0.4, -0.2) is 45.2 Å². The maximum Gasteiger partial charge on any atom is 0.253 e. The number of anilines is 1. The van der Waals surface area contributed by atoms with Crippen molar-refractivity contribution >= 4 is 21.6 Å². The Kier molecular flexibility index (Phi) is 6.79. The van der Waals surface area contributed by atoms with E-state index in [1.807, 2.05) is 30.0 Å².